The first-order chi connectivity index (χ1) is 14.6. The highest BCUT2D eigenvalue weighted by Gasteiger charge is 2.23. The number of rotatable bonds is 3. The number of fused-ring (bicyclic) bond motifs is 2. The van der Waals surface area contributed by atoms with Crippen LogP contribution in [-0.2, 0) is 13.0 Å². The molecule has 0 unspecified atom stereocenters. The zero-order valence-electron chi connectivity index (χ0n) is 17.0. The summed E-state index contributed by atoms with van der Waals surface area (Å²) in [6.07, 6.45) is 7.43. The number of aromatic nitrogens is 5. The van der Waals surface area contributed by atoms with Crippen LogP contribution >= 0.6 is 11.3 Å². The molecule has 9 nitrogen and oxygen atoms in total. The molecule has 30 heavy (non-hydrogen) atoms. The van der Waals surface area contributed by atoms with Gasteiger partial charge in [-0.2, -0.15) is 4.98 Å². The SMILES string of the molecule is Cc1c(C(=O)Nc2nc(N3CCCCC3)n[nH]2)sc2nc3n(c(=O)c12)CCCCC3. The van der Waals surface area contributed by atoms with E-state index in [0.29, 0.717) is 39.1 Å². The monoisotopic (exact) mass is 427 g/mol. The van der Waals surface area contributed by atoms with Crippen LogP contribution in [0, 0.1) is 6.92 Å². The maximum Gasteiger partial charge on any atom is 0.268 e. The van der Waals surface area contributed by atoms with Gasteiger partial charge in [-0.3, -0.25) is 19.5 Å². The molecule has 5 rings (SSSR count). The number of nitrogens with one attached hydrogen (secondary N) is 2. The predicted molar refractivity (Wildman–Crippen MR) is 117 cm³/mol. The number of anilines is 2. The molecule has 2 N–H and O–H groups in total. The van der Waals surface area contributed by atoms with Crippen molar-refractivity contribution in [3.05, 3.63) is 26.6 Å². The van der Waals surface area contributed by atoms with Crippen LogP contribution in [0.2, 0.25) is 0 Å². The summed E-state index contributed by atoms with van der Waals surface area (Å²) in [4.78, 5) is 38.4. The number of H-pyrrole nitrogens is 1. The first-order valence-electron chi connectivity index (χ1n) is 10.6. The Labute approximate surface area is 177 Å². The fourth-order valence-electron chi connectivity index (χ4n) is 4.33. The number of carbonyl (C=O) groups is 1. The third-order valence-corrected chi connectivity index (χ3v) is 7.15. The second kappa shape index (κ2) is 7.82. The van der Waals surface area contributed by atoms with Crippen molar-refractivity contribution in [2.24, 2.45) is 0 Å². The largest absolute Gasteiger partial charge is 0.340 e. The van der Waals surface area contributed by atoms with E-state index in [1.807, 2.05) is 6.92 Å². The second-order valence-electron chi connectivity index (χ2n) is 8.02. The molecule has 0 saturated carbocycles. The molecule has 0 spiro atoms. The fraction of sp³-hybridized carbons (Fsp3) is 0.550. The van der Waals surface area contributed by atoms with Crippen LogP contribution < -0.4 is 15.8 Å². The van der Waals surface area contributed by atoms with Gasteiger partial charge >= 0.3 is 0 Å². The van der Waals surface area contributed by atoms with Crippen LogP contribution in [0.5, 0.6) is 0 Å². The van der Waals surface area contributed by atoms with E-state index in [0.717, 1.165) is 57.4 Å². The number of aryl methyl sites for hydroxylation is 2. The average molecular weight is 428 g/mol. The summed E-state index contributed by atoms with van der Waals surface area (Å²) in [5.41, 5.74) is 0.650. The summed E-state index contributed by atoms with van der Waals surface area (Å²) in [5, 5.41) is 10.4. The predicted octanol–water partition coefficient (Wildman–Crippen LogP) is 2.85. The van der Waals surface area contributed by atoms with E-state index in [4.69, 9.17) is 4.98 Å². The van der Waals surface area contributed by atoms with E-state index in [9.17, 15) is 9.59 Å². The fourth-order valence-corrected chi connectivity index (χ4v) is 5.42. The summed E-state index contributed by atoms with van der Waals surface area (Å²) in [5.74, 6) is 1.47. The van der Waals surface area contributed by atoms with Gasteiger partial charge in [0.25, 0.3) is 11.5 Å². The molecule has 0 aliphatic carbocycles. The number of nitrogens with zero attached hydrogens (tertiary/aromatic N) is 5. The van der Waals surface area contributed by atoms with Crippen molar-refractivity contribution in [1.82, 2.24) is 24.7 Å². The first kappa shape index (κ1) is 19.2. The minimum absolute atomic E-state index is 0.0308. The number of carbonyl (C=O) groups excluding carboxylic acids is 1. The van der Waals surface area contributed by atoms with E-state index >= 15 is 0 Å². The Bertz CT molecular complexity index is 1160. The quantitative estimate of drug-likeness (QED) is 0.665. The first-order valence-corrected chi connectivity index (χ1v) is 11.4. The van der Waals surface area contributed by atoms with Gasteiger partial charge in [0.05, 0.1) is 10.3 Å². The van der Waals surface area contributed by atoms with Gasteiger partial charge in [0, 0.05) is 26.1 Å². The van der Waals surface area contributed by atoms with Crippen molar-refractivity contribution < 1.29 is 4.79 Å². The van der Waals surface area contributed by atoms with Gasteiger partial charge in [0.1, 0.15) is 10.7 Å². The van der Waals surface area contributed by atoms with E-state index in [2.05, 4.69) is 25.4 Å². The summed E-state index contributed by atoms with van der Waals surface area (Å²) in [6.45, 7) is 4.38. The maximum absolute atomic E-state index is 13.1. The highest BCUT2D eigenvalue weighted by atomic mass is 32.1. The number of hydrogen-bond acceptors (Lipinski definition) is 7. The molecule has 10 heteroatoms. The van der Waals surface area contributed by atoms with Gasteiger partial charge in [-0.05, 0) is 44.6 Å². The van der Waals surface area contributed by atoms with Crippen molar-refractivity contribution in [2.45, 2.75) is 58.4 Å². The normalized spacial score (nSPS) is 17.0. The van der Waals surface area contributed by atoms with Gasteiger partial charge < -0.3 is 4.90 Å². The second-order valence-corrected chi connectivity index (χ2v) is 9.02. The summed E-state index contributed by atoms with van der Waals surface area (Å²) in [6, 6.07) is 0. The number of piperidine rings is 1. The third kappa shape index (κ3) is 3.38. The van der Waals surface area contributed by atoms with Crippen molar-refractivity contribution in [1.29, 1.82) is 0 Å². The molecular weight excluding hydrogens is 402 g/mol. The lowest BCUT2D eigenvalue weighted by molar-refractivity contribution is 0.102. The van der Waals surface area contributed by atoms with Gasteiger partial charge in [0.15, 0.2) is 0 Å². The Morgan fingerprint density at radius 3 is 2.67 bits per heavy atom. The minimum Gasteiger partial charge on any atom is -0.340 e. The average Bonchev–Trinajstić information content (AvgIpc) is 3.26. The third-order valence-electron chi connectivity index (χ3n) is 5.96. The highest BCUT2D eigenvalue weighted by molar-refractivity contribution is 7.20. The van der Waals surface area contributed by atoms with Crippen LogP contribution in [-0.4, -0.2) is 43.7 Å². The standard InChI is InChI=1S/C20H25N7O2S/c1-12-14-17(21-13-8-4-2-7-11-27(13)18(14)29)30-15(12)16(28)22-19-23-20(25-24-19)26-9-5-3-6-10-26/h2-11H2,1H3,(H2,22,23,24,25,28). The van der Waals surface area contributed by atoms with Crippen LogP contribution in [0.3, 0.4) is 0 Å². The molecule has 0 atom stereocenters. The Hall–Kier alpha value is -2.75. The molecule has 0 bridgehead atoms. The molecule has 1 fully saturated rings. The molecule has 3 aromatic rings. The number of amides is 1. The number of thiophene rings is 1. The van der Waals surface area contributed by atoms with E-state index < -0.39 is 0 Å². The van der Waals surface area contributed by atoms with Crippen LogP contribution in [0.25, 0.3) is 10.2 Å². The van der Waals surface area contributed by atoms with E-state index in [-0.39, 0.29) is 11.5 Å². The smallest absolute Gasteiger partial charge is 0.268 e. The topological polar surface area (TPSA) is 109 Å². The van der Waals surface area contributed by atoms with E-state index in [1.54, 1.807) is 4.57 Å². The minimum atomic E-state index is -0.295. The van der Waals surface area contributed by atoms with Crippen molar-refractivity contribution in [3.63, 3.8) is 0 Å². The summed E-state index contributed by atoms with van der Waals surface area (Å²) in [7, 11) is 0. The van der Waals surface area contributed by atoms with Gasteiger partial charge in [0.2, 0.25) is 11.9 Å². The Morgan fingerprint density at radius 2 is 1.83 bits per heavy atom. The maximum atomic E-state index is 13.1. The molecule has 2 aliphatic rings. The number of aromatic amines is 1. The highest BCUT2D eigenvalue weighted by Crippen LogP contribution is 2.29. The van der Waals surface area contributed by atoms with E-state index in [1.165, 1.54) is 17.8 Å². The lowest BCUT2D eigenvalue weighted by Crippen LogP contribution is -2.30. The Kier molecular flexibility index (Phi) is 5.01. The molecule has 0 aromatic carbocycles. The van der Waals surface area contributed by atoms with Gasteiger partial charge in [-0.25, -0.2) is 10.1 Å². The van der Waals surface area contributed by atoms with Crippen LogP contribution in [0.4, 0.5) is 11.9 Å². The van der Waals surface area contributed by atoms with Crippen LogP contribution in [0.1, 0.15) is 59.6 Å². The molecule has 1 amide bonds. The van der Waals surface area contributed by atoms with Crippen LogP contribution in [0.15, 0.2) is 4.79 Å². The molecule has 2 aliphatic heterocycles. The summed E-state index contributed by atoms with van der Waals surface area (Å²) >= 11 is 1.27. The van der Waals surface area contributed by atoms with Crippen molar-refractivity contribution in [2.75, 3.05) is 23.3 Å². The molecule has 5 heterocycles. The molecular formula is C20H25N7O2S. The number of hydrogen-bond donors (Lipinski definition) is 2. The Balaban J connectivity index is 1.43. The lowest BCUT2D eigenvalue weighted by Gasteiger charge is -2.24. The van der Waals surface area contributed by atoms with Gasteiger partial charge in [-0.1, -0.05) is 6.42 Å². The summed E-state index contributed by atoms with van der Waals surface area (Å²) < 4.78 is 1.79. The lowest BCUT2D eigenvalue weighted by atomic mass is 10.1. The zero-order chi connectivity index (χ0) is 20.7. The van der Waals surface area contributed by atoms with Gasteiger partial charge in [-0.15, -0.1) is 16.4 Å². The molecule has 1 saturated heterocycles. The molecule has 158 valence electrons. The Morgan fingerprint density at radius 1 is 1.07 bits per heavy atom. The molecule has 3 aromatic heterocycles. The zero-order valence-corrected chi connectivity index (χ0v) is 17.8. The van der Waals surface area contributed by atoms with Crippen molar-refractivity contribution >= 4 is 39.4 Å². The van der Waals surface area contributed by atoms with Crippen molar-refractivity contribution in [3.8, 4) is 0 Å². The molecule has 0 radical (unpaired) electrons.